The summed E-state index contributed by atoms with van der Waals surface area (Å²) in [6, 6.07) is 23.5. The molecule has 0 atom stereocenters. The SMILES string of the molecule is COc1cccc(/C=C/C(=O)Oc2cccc(/C=C(/C#N)c3ccc(Cl)cc3)c2)c1. The molecule has 5 heteroatoms. The molecule has 0 fully saturated rings. The Balaban J connectivity index is 1.73. The number of carbonyl (C=O) groups is 1. The quantitative estimate of drug-likeness (QED) is 0.162. The van der Waals surface area contributed by atoms with Crippen molar-refractivity contribution in [3.05, 3.63) is 101 Å². The van der Waals surface area contributed by atoms with Crippen molar-refractivity contribution in [3.63, 3.8) is 0 Å². The molecule has 0 radical (unpaired) electrons. The van der Waals surface area contributed by atoms with Crippen molar-refractivity contribution in [1.29, 1.82) is 5.26 Å². The second kappa shape index (κ2) is 10.1. The number of benzene rings is 3. The molecule has 0 unspecified atom stereocenters. The van der Waals surface area contributed by atoms with E-state index in [9.17, 15) is 10.1 Å². The zero-order chi connectivity index (χ0) is 21.3. The number of rotatable bonds is 6. The number of methoxy groups -OCH3 is 1. The highest BCUT2D eigenvalue weighted by molar-refractivity contribution is 6.30. The van der Waals surface area contributed by atoms with E-state index in [1.54, 1.807) is 61.7 Å². The van der Waals surface area contributed by atoms with E-state index in [0.29, 0.717) is 22.1 Å². The van der Waals surface area contributed by atoms with E-state index >= 15 is 0 Å². The van der Waals surface area contributed by atoms with Crippen LogP contribution in [0.1, 0.15) is 16.7 Å². The first-order valence-electron chi connectivity index (χ1n) is 9.09. The minimum atomic E-state index is -0.503. The van der Waals surface area contributed by atoms with Crippen molar-refractivity contribution in [2.75, 3.05) is 7.11 Å². The number of esters is 1. The van der Waals surface area contributed by atoms with Gasteiger partial charge in [0, 0.05) is 11.1 Å². The summed E-state index contributed by atoms with van der Waals surface area (Å²) in [4.78, 5) is 12.2. The third-order valence-electron chi connectivity index (χ3n) is 4.17. The molecule has 0 spiro atoms. The van der Waals surface area contributed by atoms with Gasteiger partial charge < -0.3 is 9.47 Å². The minimum Gasteiger partial charge on any atom is -0.497 e. The Bertz CT molecular complexity index is 1140. The molecule has 0 saturated heterocycles. The van der Waals surface area contributed by atoms with Crippen LogP contribution >= 0.6 is 11.6 Å². The Labute approximate surface area is 180 Å². The summed E-state index contributed by atoms with van der Waals surface area (Å²) >= 11 is 5.91. The van der Waals surface area contributed by atoms with Gasteiger partial charge in [0.2, 0.25) is 0 Å². The van der Waals surface area contributed by atoms with Crippen molar-refractivity contribution in [1.82, 2.24) is 0 Å². The standard InChI is InChI=1S/C25H18ClNO3/c1-29-23-6-2-4-18(15-23)8-13-25(28)30-24-7-3-5-19(16-24)14-21(17-27)20-9-11-22(26)12-10-20/h2-16H,1H3/b13-8+,21-14-. The van der Waals surface area contributed by atoms with Crippen molar-refractivity contribution in [2.24, 2.45) is 0 Å². The number of carbonyl (C=O) groups excluding carboxylic acids is 1. The molecule has 0 aliphatic heterocycles. The third-order valence-corrected chi connectivity index (χ3v) is 4.42. The van der Waals surface area contributed by atoms with Crippen LogP contribution in [0.4, 0.5) is 0 Å². The molecule has 0 aromatic heterocycles. The molecule has 0 aliphatic rings. The lowest BCUT2D eigenvalue weighted by Crippen LogP contribution is -2.03. The third kappa shape index (κ3) is 5.84. The fraction of sp³-hybridized carbons (Fsp3) is 0.0400. The molecule has 3 aromatic rings. The predicted molar refractivity (Wildman–Crippen MR) is 119 cm³/mol. The van der Waals surface area contributed by atoms with Crippen LogP contribution < -0.4 is 9.47 Å². The van der Waals surface area contributed by atoms with E-state index in [0.717, 1.165) is 16.7 Å². The maximum Gasteiger partial charge on any atom is 0.336 e. The van der Waals surface area contributed by atoms with Crippen LogP contribution in [0.25, 0.3) is 17.7 Å². The van der Waals surface area contributed by atoms with Gasteiger partial charge in [0.05, 0.1) is 18.8 Å². The van der Waals surface area contributed by atoms with Gasteiger partial charge in [0.15, 0.2) is 0 Å². The zero-order valence-corrected chi connectivity index (χ0v) is 17.0. The van der Waals surface area contributed by atoms with E-state index in [4.69, 9.17) is 21.1 Å². The molecular formula is C25H18ClNO3. The van der Waals surface area contributed by atoms with Crippen molar-refractivity contribution >= 4 is 35.3 Å². The molecule has 0 saturated carbocycles. The second-order valence-corrected chi connectivity index (χ2v) is 6.72. The van der Waals surface area contributed by atoms with Gasteiger partial charge in [0.1, 0.15) is 11.5 Å². The number of nitriles is 1. The van der Waals surface area contributed by atoms with Crippen LogP contribution in [0.2, 0.25) is 5.02 Å². The number of hydrogen-bond donors (Lipinski definition) is 0. The van der Waals surface area contributed by atoms with Crippen LogP contribution in [0.3, 0.4) is 0 Å². The largest absolute Gasteiger partial charge is 0.497 e. The highest BCUT2D eigenvalue weighted by atomic mass is 35.5. The number of ether oxygens (including phenoxy) is 2. The average Bonchev–Trinajstić information content (AvgIpc) is 2.77. The van der Waals surface area contributed by atoms with E-state index in [1.165, 1.54) is 6.08 Å². The van der Waals surface area contributed by atoms with Crippen LogP contribution in [0.15, 0.2) is 78.9 Å². The van der Waals surface area contributed by atoms with E-state index in [1.807, 2.05) is 30.3 Å². The summed E-state index contributed by atoms with van der Waals surface area (Å²) in [5.74, 6) is 0.591. The maximum atomic E-state index is 12.2. The van der Waals surface area contributed by atoms with E-state index in [2.05, 4.69) is 6.07 Å². The highest BCUT2D eigenvalue weighted by Crippen LogP contribution is 2.22. The summed E-state index contributed by atoms with van der Waals surface area (Å²) in [7, 11) is 1.59. The van der Waals surface area contributed by atoms with Gasteiger partial charge in [-0.3, -0.25) is 0 Å². The number of nitrogens with zero attached hydrogens (tertiary/aromatic N) is 1. The number of allylic oxidation sites excluding steroid dienone is 1. The fourth-order valence-corrected chi connectivity index (χ4v) is 2.83. The Kier molecular flexibility index (Phi) is 7.05. The summed E-state index contributed by atoms with van der Waals surface area (Å²) in [6.07, 6.45) is 4.74. The predicted octanol–water partition coefficient (Wildman–Crippen LogP) is 6.03. The Hall–Kier alpha value is -3.81. The Morgan fingerprint density at radius 3 is 2.33 bits per heavy atom. The summed E-state index contributed by atoms with van der Waals surface area (Å²) in [6.45, 7) is 0. The number of hydrogen-bond acceptors (Lipinski definition) is 4. The molecule has 3 aromatic carbocycles. The molecule has 3 rings (SSSR count). The van der Waals surface area contributed by atoms with E-state index in [-0.39, 0.29) is 0 Å². The van der Waals surface area contributed by atoms with Crippen LogP contribution in [-0.4, -0.2) is 13.1 Å². The average molecular weight is 416 g/mol. The molecule has 30 heavy (non-hydrogen) atoms. The molecule has 4 nitrogen and oxygen atoms in total. The van der Waals surface area contributed by atoms with Gasteiger partial charge in [-0.2, -0.15) is 5.26 Å². The minimum absolute atomic E-state index is 0.387. The maximum absolute atomic E-state index is 12.2. The Morgan fingerprint density at radius 1 is 0.967 bits per heavy atom. The van der Waals surface area contributed by atoms with Crippen molar-refractivity contribution in [2.45, 2.75) is 0 Å². The van der Waals surface area contributed by atoms with Crippen molar-refractivity contribution in [3.8, 4) is 17.6 Å². The molecular weight excluding hydrogens is 398 g/mol. The molecule has 0 bridgehead atoms. The summed E-state index contributed by atoms with van der Waals surface area (Å²) in [5.41, 5.74) is 2.80. The van der Waals surface area contributed by atoms with Crippen LogP contribution in [0, 0.1) is 11.3 Å². The lowest BCUT2D eigenvalue weighted by molar-refractivity contribution is -0.128. The van der Waals surface area contributed by atoms with Gasteiger partial charge in [-0.1, -0.05) is 48.0 Å². The fourth-order valence-electron chi connectivity index (χ4n) is 2.70. The smallest absolute Gasteiger partial charge is 0.336 e. The highest BCUT2D eigenvalue weighted by Gasteiger charge is 2.04. The normalized spacial score (nSPS) is 11.2. The molecule has 0 N–H and O–H groups in total. The van der Waals surface area contributed by atoms with Gasteiger partial charge in [-0.15, -0.1) is 0 Å². The first kappa shape index (κ1) is 20.9. The molecule has 0 amide bonds. The van der Waals surface area contributed by atoms with Crippen LogP contribution in [-0.2, 0) is 4.79 Å². The van der Waals surface area contributed by atoms with Gasteiger partial charge in [0.25, 0.3) is 0 Å². The first-order chi connectivity index (χ1) is 14.6. The molecule has 148 valence electrons. The van der Waals surface area contributed by atoms with Gasteiger partial charge in [-0.25, -0.2) is 4.79 Å². The van der Waals surface area contributed by atoms with Crippen molar-refractivity contribution < 1.29 is 14.3 Å². The Morgan fingerprint density at radius 2 is 1.63 bits per heavy atom. The monoisotopic (exact) mass is 415 g/mol. The lowest BCUT2D eigenvalue weighted by Gasteiger charge is -2.04. The second-order valence-electron chi connectivity index (χ2n) is 6.28. The van der Waals surface area contributed by atoms with Gasteiger partial charge >= 0.3 is 5.97 Å². The lowest BCUT2D eigenvalue weighted by atomic mass is 10.0. The number of halogens is 1. The summed E-state index contributed by atoms with van der Waals surface area (Å²) < 4.78 is 10.5. The topological polar surface area (TPSA) is 59.3 Å². The molecule has 0 aliphatic carbocycles. The first-order valence-corrected chi connectivity index (χ1v) is 9.47. The van der Waals surface area contributed by atoms with Crippen LogP contribution in [0.5, 0.6) is 11.5 Å². The summed E-state index contributed by atoms with van der Waals surface area (Å²) in [5, 5.41) is 10.1. The van der Waals surface area contributed by atoms with Gasteiger partial charge in [-0.05, 0) is 65.2 Å². The van der Waals surface area contributed by atoms with E-state index < -0.39 is 5.97 Å². The zero-order valence-electron chi connectivity index (χ0n) is 16.2. The molecule has 0 heterocycles.